The number of aromatic nitrogens is 4. The van der Waals surface area contributed by atoms with Gasteiger partial charge in [0.05, 0.1) is 11.6 Å². The molecular formula is C13H15BrN4OS. The Kier molecular flexibility index (Phi) is 4.19. The zero-order valence-corrected chi connectivity index (χ0v) is 14.1. The predicted octanol–water partition coefficient (Wildman–Crippen LogP) is 3.66. The van der Waals surface area contributed by atoms with Crippen LogP contribution in [-0.2, 0) is 5.41 Å². The summed E-state index contributed by atoms with van der Waals surface area (Å²) in [5, 5.41) is 0. The first kappa shape index (κ1) is 15.1. The first-order valence-electron chi connectivity index (χ1n) is 5.99. The van der Waals surface area contributed by atoms with Gasteiger partial charge in [0.25, 0.3) is 0 Å². The monoisotopic (exact) mass is 354 g/mol. The van der Waals surface area contributed by atoms with E-state index in [1.165, 1.54) is 6.33 Å². The first-order valence-corrected chi connectivity index (χ1v) is 7.19. The van der Waals surface area contributed by atoms with E-state index in [4.69, 9.17) is 17.0 Å². The quantitative estimate of drug-likeness (QED) is 0.833. The molecule has 0 fully saturated rings. The van der Waals surface area contributed by atoms with E-state index in [1.807, 2.05) is 0 Å². The number of ether oxygens (including phenoxy) is 1. The molecule has 0 aliphatic heterocycles. The van der Waals surface area contributed by atoms with Gasteiger partial charge in [-0.05, 0) is 15.9 Å². The molecule has 106 valence electrons. The molecule has 0 atom stereocenters. The highest BCUT2D eigenvalue weighted by Gasteiger charge is 2.20. The lowest BCUT2D eigenvalue weighted by Gasteiger charge is -2.21. The van der Waals surface area contributed by atoms with Crippen molar-refractivity contribution in [3.8, 4) is 17.4 Å². The van der Waals surface area contributed by atoms with Crippen molar-refractivity contribution in [2.24, 2.45) is 0 Å². The van der Waals surface area contributed by atoms with Crippen LogP contribution in [0.15, 0.2) is 16.9 Å². The van der Waals surface area contributed by atoms with Gasteiger partial charge in [-0.25, -0.2) is 15.0 Å². The number of nitrogens with one attached hydrogen (secondary N) is 1. The average Bonchev–Trinajstić information content (AvgIpc) is 2.40. The van der Waals surface area contributed by atoms with E-state index in [0.29, 0.717) is 22.0 Å². The Morgan fingerprint density at radius 1 is 1.30 bits per heavy atom. The van der Waals surface area contributed by atoms with Gasteiger partial charge >= 0.3 is 0 Å². The standard InChI is InChI=1S/C13H15BrN4OS/c1-13(2,3)10-9(14)12(20)18-11(17-10)7-5-8(19-4)16-6-15-7/h5-6H,1-4H3,(H,17,18,20). The summed E-state index contributed by atoms with van der Waals surface area (Å²) < 4.78 is 6.41. The van der Waals surface area contributed by atoms with Gasteiger partial charge in [-0.2, -0.15) is 0 Å². The largest absolute Gasteiger partial charge is 0.481 e. The SMILES string of the molecule is COc1cc(-c2nc(=S)c(Br)c(C(C)(C)C)[nH]2)ncn1. The van der Waals surface area contributed by atoms with Crippen LogP contribution in [0.3, 0.4) is 0 Å². The van der Waals surface area contributed by atoms with Crippen LogP contribution in [0.2, 0.25) is 0 Å². The molecule has 0 spiro atoms. The van der Waals surface area contributed by atoms with E-state index in [9.17, 15) is 0 Å². The van der Waals surface area contributed by atoms with Gasteiger partial charge in [-0.1, -0.05) is 33.0 Å². The number of H-pyrrole nitrogens is 1. The third-order valence-electron chi connectivity index (χ3n) is 2.71. The van der Waals surface area contributed by atoms with Crippen LogP contribution in [0.4, 0.5) is 0 Å². The number of hydrogen-bond donors (Lipinski definition) is 1. The Morgan fingerprint density at radius 2 is 2.00 bits per heavy atom. The fourth-order valence-corrected chi connectivity index (χ4v) is 2.65. The summed E-state index contributed by atoms with van der Waals surface area (Å²) in [6.07, 6.45) is 1.44. The van der Waals surface area contributed by atoms with Crippen LogP contribution in [0.1, 0.15) is 26.5 Å². The molecule has 0 saturated heterocycles. The van der Waals surface area contributed by atoms with Crippen LogP contribution < -0.4 is 4.74 Å². The van der Waals surface area contributed by atoms with Crippen molar-refractivity contribution in [3.05, 3.63) is 27.2 Å². The maximum atomic E-state index is 5.31. The summed E-state index contributed by atoms with van der Waals surface area (Å²) in [6.45, 7) is 6.30. The van der Waals surface area contributed by atoms with Gasteiger partial charge in [0.15, 0.2) is 5.82 Å². The van der Waals surface area contributed by atoms with E-state index in [1.54, 1.807) is 13.2 Å². The molecule has 20 heavy (non-hydrogen) atoms. The Balaban J connectivity index is 2.64. The molecular weight excluding hydrogens is 340 g/mol. The number of rotatable bonds is 2. The molecule has 2 heterocycles. The molecule has 0 saturated carbocycles. The summed E-state index contributed by atoms with van der Waals surface area (Å²) in [4.78, 5) is 15.8. The maximum absolute atomic E-state index is 5.31. The Labute approximate surface area is 131 Å². The molecule has 5 nitrogen and oxygen atoms in total. The van der Waals surface area contributed by atoms with E-state index in [0.717, 1.165) is 10.2 Å². The predicted molar refractivity (Wildman–Crippen MR) is 83.4 cm³/mol. The summed E-state index contributed by atoms with van der Waals surface area (Å²) in [5.74, 6) is 1.08. The molecule has 0 bridgehead atoms. The van der Waals surface area contributed by atoms with Crippen molar-refractivity contribution in [1.82, 2.24) is 19.9 Å². The van der Waals surface area contributed by atoms with Crippen molar-refractivity contribution in [1.29, 1.82) is 0 Å². The van der Waals surface area contributed by atoms with Crippen molar-refractivity contribution < 1.29 is 4.74 Å². The average molecular weight is 355 g/mol. The minimum atomic E-state index is -0.0960. The van der Waals surface area contributed by atoms with Crippen LogP contribution in [0.25, 0.3) is 11.5 Å². The number of methoxy groups -OCH3 is 1. The zero-order chi connectivity index (χ0) is 14.9. The smallest absolute Gasteiger partial charge is 0.216 e. The van der Waals surface area contributed by atoms with E-state index < -0.39 is 0 Å². The normalized spacial score (nSPS) is 11.4. The van der Waals surface area contributed by atoms with Gasteiger partial charge in [-0.15, -0.1) is 0 Å². The van der Waals surface area contributed by atoms with Gasteiger partial charge in [0.1, 0.15) is 16.7 Å². The summed E-state index contributed by atoms with van der Waals surface area (Å²) in [7, 11) is 1.56. The number of aromatic amines is 1. The van der Waals surface area contributed by atoms with Gasteiger partial charge in [0, 0.05) is 17.2 Å². The van der Waals surface area contributed by atoms with Crippen LogP contribution in [-0.4, -0.2) is 27.0 Å². The number of hydrogen-bond acceptors (Lipinski definition) is 5. The lowest BCUT2D eigenvalue weighted by molar-refractivity contribution is 0.397. The van der Waals surface area contributed by atoms with Crippen LogP contribution >= 0.6 is 28.1 Å². The van der Waals surface area contributed by atoms with E-state index >= 15 is 0 Å². The molecule has 0 aliphatic carbocycles. The molecule has 0 amide bonds. The fraction of sp³-hybridized carbons (Fsp3) is 0.385. The van der Waals surface area contributed by atoms with Gasteiger partial charge in [-0.3, -0.25) is 0 Å². The fourth-order valence-electron chi connectivity index (χ4n) is 1.68. The highest BCUT2D eigenvalue weighted by atomic mass is 79.9. The lowest BCUT2D eigenvalue weighted by Crippen LogP contribution is -2.16. The highest BCUT2D eigenvalue weighted by Crippen LogP contribution is 2.30. The molecule has 0 aromatic carbocycles. The van der Waals surface area contributed by atoms with E-state index in [2.05, 4.69) is 56.6 Å². The molecule has 2 aromatic heterocycles. The minimum Gasteiger partial charge on any atom is -0.481 e. The second-order valence-corrected chi connectivity index (χ2v) is 6.45. The highest BCUT2D eigenvalue weighted by molar-refractivity contribution is 9.10. The maximum Gasteiger partial charge on any atom is 0.216 e. The Bertz CT molecular complexity index is 694. The molecule has 1 N–H and O–H groups in total. The van der Waals surface area contributed by atoms with Crippen LogP contribution in [0, 0.1) is 4.64 Å². The molecule has 2 rings (SSSR count). The lowest BCUT2D eigenvalue weighted by atomic mass is 9.92. The first-order chi connectivity index (χ1) is 9.32. The Morgan fingerprint density at radius 3 is 2.60 bits per heavy atom. The van der Waals surface area contributed by atoms with Crippen molar-refractivity contribution in [2.45, 2.75) is 26.2 Å². The summed E-state index contributed by atoms with van der Waals surface area (Å²) >= 11 is 8.80. The van der Waals surface area contributed by atoms with Crippen molar-refractivity contribution in [2.75, 3.05) is 7.11 Å². The second-order valence-electron chi connectivity index (χ2n) is 5.28. The number of halogens is 1. The van der Waals surface area contributed by atoms with Crippen molar-refractivity contribution in [3.63, 3.8) is 0 Å². The summed E-state index contributed by atoms with van der Waals surface area (Å²) in [5.41, 5.74) is 1.52. The van der Waals surface area contributed by atoms with Gasteiger partial charge < -0.3 is 9.72 Å². The third kappa shape index (κ3) is 3.04. The molecule has 0 unspecified atom stereocenters. The molecule has 0 aliphatic rings. The topological polar surface area (TPSA) is 63.7 Å². The minimum absolute atomic E-state index is 0.0960. The second kappa shape index (κ2) is 5.57. The molecule has 7 heteroatoms. The third-order valence-corrected chi connectivity index (χ3v) is 4.04. The van der Waals surface area contributed by atoms with Crippen LogP contribution in [0.5, 0.6) is 5.88 Å². The zero-order valence-electron chi connectivity index (χ0n) is 11.7. The molecule has 0 radical (unpaired) electrons. The van der Waals surface area contributed by atoms with Crippen molar-refractivity contribution >= 4 is 28.1 Å². The molecule has 2 aromatic rings. The number of nitrogens with zero attached hydrogens (tertiary/aromatic N) is 3. The van der Waals surface area contributed by atoms with E-state index in [-0.39, 0.29) is 5.41 Å². The van der Waals surface area contributed by atoms with Gasteiger partial charge in [0.2, 0.25) is 5.88 Å². The summed E-state index contributed by atoms with van der Waals surface area (Å²) in [6, 6.07) is 1.72. The Hall–Kier alpha value is -1.34.